The minimum Gasteiger partial charge on any atom is -0.294 e. The molecule has 23 heavy (non-hydrogen) atoms. The third-order valence-electron chi connectivity index (χ3n) is 5.89. The minimum absolute atomic E-state index is 0.0603. The number of nitrogens with zero attached hydrogens (tertiary/aromatic N) is 1. The highest BCUT2D eigenvalue weighted by atomic mass is 32.2. The van der Waals surface area contributed by atoms with E-state index in [2.05, 4.69) is 6.07 Å². The van der Waals surface area contributed by atoms with Gasteiger partial charge >= 0.3 is 0 Å². The lowest BCUT2D eigenvalue weighted by Crippen LogP contribution is -2.36. The quantitative estimate of drug-likeness (QED) is 0.799. The Kier molecular flexibility index (Phi) is 3.18. The van der Waals surface area contributed by atoms with E-state index in [9.17, 15) is 18.5 Å². The van der Waals surface area contributed by atoms with Gasteiger partial charge in [0.1, 0.15) is 0 Å². The predicted molar refractivity (Wildman–Crippen MR) is 85.8 cm³/mol. The van der Waals surface area contributed by atoms with Gasteiger partial charge in [-0.3, -0.25) is 4.79 Å². The Bertz CT molecular complexity index is 780. The molecule has 1 aromatic rings. The number of benzene rings is 1. The van der Waals surface area contributed by atoms with E-state index in [0.717, 1.165) is 18.4 Å². The van der Waals surface area contributed by atoms with Crippen LogP contribution in [0.4, 0.5) is 0 Å². The first-order valence-corrected chi connectivity index (χ1v) is 9.86. The summed E-state index contributed by atoms with van der Waals surface area (Å²) in [7, 11) is -2.99. The van der Waals surface area contributed by atoms with Crippen LogP contribution in [0.5, 0.6) is 0 Å². The second-order valence-corrected chi connectivity index (χ2v) is 9.73. The number of hydrogen-bond acceptors (Lipinski definition) is 4. The average molecular weight is 329 g/mol. The van der Waals surface area contributed by atoms with Crippen LogP contribution >= 0.6 is 0 Å². The van der Waals surface area contributed by atoms with Crippen molar-refractivity contribution in [3.8, 4) is 6.07 Å². The van der Waals surface area contributed by atoms with Crippen molar-refractivity contribution >= 4 is 15.6 Å². The standard InChI is InChI=1S/C18H19NO3S/c19-11-18(7-8-18)14-3-1-12(2-4-14)17(20)13-9-15-5-6-16(10-13)23(15,21)22/h1-4,13,15-16H,5-10H2. The van der Waals surface area contributed by atoms with E-state index in [1.54, 1.807) is 12.1 Å². The number of Topliss-reactive ketones (excluding diaryl/α,β-unsaturated/α-hetero) is 1. The highest BCUT2D eigenvalue weighted by Gasteiger charge is 2.48. The molecule has 2 unspecified atom stereocenters. The maximum atomic E-state index is 12.7. The van der Waals surface area contributed by atoms with Crippen LogP contribution in [0.1, 0.15) is 54.4 Å². The summed E-state index contributed by atoms with van der Waals surface area (Å²) in [5, 5.41) is 8.60. The summed E-state index contributed by atoms with van der Waals surface area (Å²) in [6, 6.07) is 9.74. The van der Waals surface area contributed by atoms with Gasteiger partial charge in [0.2, 0.25) is 0 Å². The molecule has 2 saturated heterocycles. The van der Waals surface area contributed by atoms with Crippen molar-refractivity contribution in [3.05, 3.63) is 35.4 Å². The Hall–Kier alpha value is -1.67. The lowest BCUT2D eigenvalue weighted by Gasteiger charge is -2.27. The van der Waals surface area contributed by atoms with Gasteiger partial charge in [-0.05, 0) is 44.1 Å². The fourth-order valence-electron chi connectivity index (χ4n) is 4.20. The van der Waals surface area contributed by atoms with Crippen LogP contribution in [0.3, 0.4) is 0 Å². The largest absolute Gasteiger partial charge is 0.294 e. The van der Waals surface area contributed by atoms with Gasteiger partial charge in [0.15, 0.2) is 15.6 Å². The lowest BCUT2D eigenvalue weighted by atomic mass is 9.89. The zero-order chi connectivity index (χ0) is 16.2. The molecule has 0 amide bonds. The predicted octanol–water partition coefficient (Wildman–Crippen LogP) is 2.78. The van der Waals surface area contributed by atoms with Crippen LogP contribution in [-0.4, -0.2) is 24.7 Å². The van der Waals surface area contributed by atoms with Crippen LogP contribution in [0.2, 0.25) is 0 Å². The summed E-state index contributed by atoms with van der Waals surface area (Å²) in [4.78, 5) is 12.7. The van der Waals surface area contributed by atoms with E-state index < -0.39 is 9.84 Å². The number of fused-ring (bicyclic) bond motifs is 2. The van der Waals surface area contributed by atoms with Gasteiger partial charge < -0.3 is 0 Å². The molecular formula is C18H19NO3S. The van der Waals surface area contributed by atoms with Crippen LogP contribution in [-0.2, 0) is 15.3 Å². The van der Waals surface area contributed by atoms with E-state index in [1.165, 1.54) is 0 Å². The fraction of sp³-hybridized carbons (Fsp3) is 0.556. The van der Waals surface area contributed by atoms with Crippen molar-refractivity contribution in [2.75, 3.05) is 0 Å². The average Bonchev–Trinajstić information content (AvgIpc) is 3.33. The first-order valence-electron chi connectivity index (χ1n) is 8.25. The Morgan fingerprint density at radius 1 is 1.09 bits per heavy atom. The van der Waals surface area contributed by atoms with Crippen molar-refractivity contribution in [1.29, 1.82) is 5.26 Å². The Morgan fingerprint density at radius 3 is 2.13 bits per heavy atom. The molecule has 2 atom stereocenters. The lowest BCUT2D eigenvalue weighted by molar-refractivity contribution is 0.0905. The first kappa shape index (κ1) is 14.9. The maximum Gasteiger partial charge on any atom is 0.166 e. The van der Waals surface area contributed by atoms with Gasteiger partial charge in [0, 0.05) is 11.5 Å². The fourth-order valence-corrected chi connectivity index (χ4v) is 6.68. The minimum atomic E-state index is -2.99. The third kappa shape index (κ3) is 2.23. The Morgan fingerprint density at radius 2 is 1.65 bits per heavy atom. The van der Waals surface area contributed by atoms with Crippen molar-refractivity contribution in [2.24, 2.45) is 5.92 Å². The highest BCUT2D eigenvalue weighted by molar-refractivity contribution is 7.93. The molecule has 5 heteroatoms. The normalized spacial score (nSPS) is 32.9. The molecule has 1 saturated carbocycles. The van der Waals surface area contributed by atoms with E-state index >= 15 is 0 Å². The van der Waals surface area contributed by atoms with Crippen LogP contribution in [0.25, 0.3) is 0 Å². The summed E-state index contributed by atoms with van der Waals surface area (Å²) in [5.41, 5.74) is 1.30. The number of carbonyl (C=O) groups excluding carboxylic acids is 1. The van der Waals surface area contributed by atoms with Gasteiger partial charge in [-0.2, -0.15) is 5.26 Å². The molecule has 120 valence electrons. The molecule has 0 radical (unpaired) electrons. The van der Waals surface area contributed by atoms with Gasteiger partial charge in [-0.15, -0.1) is 0 Å². The zero-order valence-corrected chi connectivity index (χ0v) is 13.7. The Labute approximate surface area is 136 Å². The first-order chi connectivity index (χ1) is 11.0. The summed E-state index contributed by atoms with van der Waals surface area (Å²) >= 11 is 0. The molecule has 4 nitrogen and oxygen atoms in total. The van der Waals surface area contributed by atoms with Crippen LogP contribution < -0.4 is 0 Å². The molecular weight excluding hydrogens is 310 g/mol. The molecule has 0 spiro atoms. The smallest absolute Gasteiger partial charge is 0.166 e. The second-order valence-electron chi connectivity index (χ2n) is 7.21. The molecule has 0 N–H and O–H groups in total. The maximum absolute atomic E-state index is 12.7. The number of rotatable bonds is 3. The van der Waals surface area contributed by atoms with Gasteiger partial charge in [0.05, 0.1) is 22.0 Å². The van der Waals surface area contributed by atoms with Crippen LogP contribution in [0, 0.1) is 17.2 Å². The second kappa shape index (κ2) is 4.91. The topological polar surface area (TPSA) is 75.0 Å². The molecule has 0 aromatic heterocycles. The molecule has 4 rings (SSSR count). The highest BCUT2D eigenvalue weighted by Crippen LogP contribution is 2.47. The monoisotopic (exact) mass is 329 g/mol. The molecule has 3 aliphatic rings. The number of ketones is 1. The van der Waals surface area contributed by atoms with Crippen molar-refractivity contribution in [1.82, 2.24) is 0 Å². The SMILES string of the molecule is N#CC1(c2ccc(C(=O)C3CC4CCC(C3)S4(=O)=O)cc2)CC1. The van der Waals surface area contributed by atoms with Crippen molar-refractivity contribution in [2.45, 2.75) is 54.4 Å². The van der Waals surface area contributed by atoms with Gasteiger partial charge in [-0.1, -0.05) is 24.3 Å². The van der Waals surface area contributed by atoms with Crippen LogP contribution in [0.15, 0.2) is 24.3 Å². The molecule has 2 aliphatic heterocycles. The molecule has 3 fully saturated rings. The number of hydrogen-bond donors (Lipinski definition) is 0. The van der Waals surface area contributed by atoms with Crippen molar-refractivity contribution < 1.29 is 13.2 Å². The molecule has 2 heterocycles. The van der Waals surface area contributed by atoms with E-state index in [1.807, 2.05) is 12.1 Å². The summed E-state index contributed by atoms with van der Waals surface area (Å²) in [5.74, 6) is -0.113. The number of carbonyl (C=O) groups is 1. The summed E-state index contributed by atoms with van der Waals surface area (Å²) in [6.45, 7) is 0. The molecule has 1 aromatic carbocycles. The van der Waals surface area contributed by atoms with Gasteiger partial charge in [0.25, 0.3) is 0 Å². The third-order valence-corrected chi connectivity index (χ3v) is 8.61. The number of nitriles is 1. The molecule has 2 bridgehead atoms. The number of sulfone groups is 1. The van der Waals surface area contributed by atoms with Gasteiger partial charge in [-0.25, -0.2) is 8.42 Å². The molecule has 1 aliphatic carbocycles. The summed E-state index contributed by atoms with van der Waals surface area (Å²) in [6.07, 6.45) is 4.14. The summed E-state index contributed by atoms with van der Waals surface area (Å²) < 4.78 is 24.3. The van der Waals surface area contributed by atoms with E-state index in [0.29, 0.717) is 31.2 Å². The Balaban J connectivity index is 1.53. The van der Waals surface area contributed by atoms with Crippen molar-refractivity contribution in [3.63, 3.8) is 0 Å². The van der Waals surface area contributed by atoms with E-state index in [4.69, 9.17) is 0 Å². The zero-order valence-electron chi connectivity index (χ0n) is 12.9. The van der Waals surface area contributed by atoms with E-state index in [-0.39, 0.29) is 27.6 Å².